The van der Waals surface area contributed by atoms with Crippen molar-refractivity contribution in [1.29, 1.82) is 5.26 Å². The van der Waals surface area contributed by atoms with E-state index in [9.17, 15) is 19.2 Å². The van der Waals surface area contributed by atoms with Gasteiger partial charge in [-0.25, -0.2) is 9.69 Å². The second kappa shape index (κ2) is 10.5. The molecule has 0 bridgehead atoms. The number of nitrogens with zero attached hydrogens (tertiary/aromatic N) is 3. The van der Waals surface area contributed by atoms with Crippen LogP contribution in [0.5, 0.6) is 0 Å². The van der Waals surface area contributed by atoms with Gasteiger partial charge in [0.15, 0.2) is 6.10 Å². The molecule has 0 radical (unpaired) electrons. The fourth-order valence-corrected chi connectivity index (χ4v) is 4.18. The minimum Gasteiger partial charge on any atom is -0.449 e. The first-order valence-electron chi connectivity index (χ1n) is 11.8. The van der Waals surface area contributed by atoms with Crippen molar-refractivity contribution in [2.75, 3.05) is 16.3 Å². The van der Waals surface area contributed by atoms with E-state index in [0.717, 1.165) is 16.0 Å². The highest BCUT2D eigenvalue weighted by atomic mass is 16.5. The largest absolute Gasteiger partial charge is 0.449 e. The van der Waals surface area contributed by atoms with Gasteiger partial charge < -0.3 is 9.64 Å². The quantitative estimate of drug-likeness (QED) is 0.350. The number of hydrogen-bond acceptors (Lipinski definition) is 6. The summed E-state index contributed by atoms with van der Waals surface area (Å²) in [6.45, 7) is 5.28. The first-order valence-corrected chi connectivity index (χ1v) is 11.8. The Balaban J connectivity index is 1.54. The molecule has 8 heteroatoms. The van der Waals surface area contributed by atoms with Gasteiger partial charge in [-0.3, -0.25) is 14.4 Å². The molecule has 186 valence electrons. The van der Waals surface area contributed by atoms with E-state index in [0.29, 0.717) is 11.4 Å². The summed E-state index contributed by atoms with van der Waals surface area (Å²) in [6.07, 6.45) is -1.04. The summed E-state index contributed by atoms with van der Waals surface area (Å²) in [7, 11) is 0. The zero-order valence-corrected chi connectivity index (χ0v) is 20.7. The van der Waals surface area contributed by atoms with Crippen molar-refractivity contribution in [3.63, 3.8) is 0 Å². The molecular weight excluding hydrogens is 470 g/mol. The van der Waals surface area contributed by atoms with E-state index < -0.39 is 29.8 Å². The number of carbonyl (C=O) groups is 4. The number of nitriles is 1. The zero-order valence-electron chi connectivity index (χ0n) is 20.7. The molecule has 0 aromatic heterocycles. The molecule has 0 N–H and O–H groups in total. The molecule has 8 nitrogen and oxygen atoms in total. The number of esters is 1. The third kappa shape index (κ3) is 4.98. The van der Waals surface area contributed by atoms with E-state index in [1.54, 1.807) is 36.4 Å². The van der Waals surface area contributed by atoms with Crippen LogP contribution in [-0.2, 0) is 9.53 Å². The number of hydrogen-bond donors (Lipinski definition) is 0. The highest BCUT2D eigenvalue weighted by Crippen LogP contribution is 2.32. The molecule has 3 amide bonds. The summed E-state index contributed by atoms with van der Waals surface area (Å²) in [4.78, 5) is 54.7. The minimum absolute atomic E-state index is 0.0469. The average Bonchev–Trinajstić information content (AvgIpc) is 3.15. The summed E-state index contributed by atoms with van der Waals surface area (Å²) >= 11 is 0. The van der Waals surface area contributed by atoms with Gasteiger partial charge in [-0.15, -0.1) is 0 Å². The van der Waals surface area contributed by atoms with Gasteiger partial charge in [-0.2, -0.15) is 5.26 Å². The van der Waals surface area contributed by atoms with Crippen LogP contribution in [0, 0.1) is 25.2 Å². The van der Waals surface area contributed by atoms with E-state index in [1.165, 1.54) is 30.0 Å². The third-order valence-electron chi connectivity index (χ3n) is 6.14. The maximum atomic E-state index is 13.2. The normalized spacial score (nSPS) is 13.1. The summed E-state index contributed by atoms with van der Waals surface area (Å²) < 4.78 is 5.43. The van der Waals surface area contributed by atoms with Gasteiger partial charge in [0.05, 0.1) is 34.9 Å². The molecule has 0 saturated carbocycles. The van der Waals surface area contributed by atoms with Gasteiger partial charge in [0.25, 0.3) is 17.7 Å². The number of para-hydroxylation sites is 1. The Hall–Kier alpha value is -4.77. The minimum atomic E-state index is -1.15. The maximum Gasteiger partial charge on any atom is 0.338 e. The molecule has 3 aromatic carbocycles. The van der Waals surface area contributed by atoms with E-state index in [-0.39, 0.29) is 29.7 Å². The molecule has 0 saturated heterocycles. The van der Waals surface area contributed by atoms with Crippen LogP contribution in [0.25, 0.3) is 0 Å². The third-order valence-corrected chi connectivity index (χ3v) is 6.14. The predicted molar refractivity (Wildman–Crippen MR) is 137 cm³/mol. The number of fused-ring (bicyclic) bond motifs is 1. The molecule has 0 spiro atoms. The molecule has 0 aliphatic carbocycles. The molecule has 3 aromatic rings. The van der Waals surface area contributed by atoms with Crippen LogP contribution in [0.3, 0.4) is 0 Å². The first kappa shape index (κ1) is 25.3. The smallest absolute Gasteiger partial charge is 0.338 e. The fourth-order valence-electron chi connectivity index (χ4n) is 4.18. The van der Waals surface area contributed by atoms with Crippen LogP contribution in [0.2, 0.25) is 0 Å². The molecule has 4 rings (SSSR count). The van der Waals surface area contributed by atoms with Crippen molar-refractivity contribution in [2.24, 2.45) is 0 Å². The fraction of sp³-hybridized carbons (Fsp3) is 0.207. The van der Waals surface area contributed by atoms with Gasteiger partial charge >= 0.3 is 5.97 Å². The lowest BCUT2D eigenvalue weighted by atomic mass is 10.1. The Labute approximate surface area is 214 Å². The summed E-state index contributed by atoms with van der Waals surface area (Å²) in [5.74, 6) is -2.28. The average molecular weight is 496 g/mol. The van der Waals surface area contributed by atoms with Gasteiger partial charge in [0, 0.05) is 12.2 Å². The van der Waals surface area contributed by atoms with Crippen LogP contribution in [0.1, 0.15) is 55.5 Å². The number of anilines is 2. The first-order chi connectivity index (χ1) is 17.7. The number of rotatable bonds is 7. The molecule has 1 aliphatic rings. The van der Waals surface area contributed by atoms with Gasteiger partial charge in [0.2, 0.25) is 0 Å². The van der Waals surface area contributed by atoms with E-state index in [1.807, 2.05) is 32.0 Å². The summed E-state index contributed by atoms with van der Waals surface area (Å²) in [5.41, 5.74) is 3.08. The number of aryl methyl sites for hydroxylation is 2. The lowest BCUT2D eigenvalue weighted by Gasteiger charge is -2.25. The Bertz CT molecular complexity index is 1440. The molecule has 37 heavy (non-hydrogen) atoms. The number of carbonyl (C=O) groups excluding carboxylic acids is 4. The Morgan fingerprint density at radius 1 is 0.973 bits per heavy atom. The Morgan fingerprint density at radius 3 is 2.38 bits per heavy atom. The molecular formula is C29H25N3O5. The number of benzene rings is 3. The van der Waals surface area contributed by atoms with Crippen molar-refractivity contribution in [3.05, 3.63) is 94.5 Å². The summed E-state index contributed by atoms with van der Waals surface area (Å²) in [5, 5.41) is 8.99. The highest BCUT2D eigenvalue weighted by Gasteiger charge is 2.38. The topological polar surface area (TPSA) is 108 Å². The van der Waals surface area contributed by atoms with Crippen molar-refractivity contribution in [3.8, 4) is 6.07 Å². The van der Waals surface area contributed by atoms with E-state index in [2.05, 4.69) is 0 Å². The lowest BCUT2D eigenvalue weighted by molar-refractivity contribution is -0.126. The SMILES string of the molecule is Cc1ccc(C)c(N2C(=O)c3ccc(C(=O)OC(C)C(=O)N(CCC#N)c4ccccc4)cc3C2=O)c1. The van der Waals surface area contributed by atoms with Crippen molar-refractivity contribution in [1.82, 2.24) is 0 Å². The van der Waals surface area contributed by atoms with E-state index in [4.69, 9.17) is 10.00 Å². The Kier molecular flexibility index (Phi) is 7.16. The zero-order chi connectivity index (χ0) is 26.7. The van der Waals surface area contributed by atoms with Crippen molar-refractivity contribution in [2.45, 2.75) is 33.3 Å². The second-order valence-electron chi connectivity index (χ2n) is 8.78. The van der Waals surface area contributed by atoms with Crippen molar-refractivity contribution < 1.29 is 23.9 Å². The van der Waals surface area contributed by atoms with Gasteiger partial charge in [0.1, 0.15) is 0 Å². The second-order valence-corrected chi connectivity index (χ2v) is 8.78. The molecule has 1 unspecified atom stereocenters. The van der Waals surface area contributed by atoms with Crippen LogP contribution in [0.4, 0.5) is 11.4 Å². The highest BCUT2D eigenvalue weighted by molar-refractivity contribution is 6.35. The molecule has 1 atom stereocenters. The lowest BCUT2D eigenvalue weighted by Crippen LogP contribution is -2.40. The summed E-state index contributed by atoms with van der Waals surface area (Å²) in [6, 6.07) is 20.5. The standard InChI is InChI=1S/C29H25N3O5/c1-18-10-11-19(2)25(16-18)32-27(34)23-13-12-21(17-24(23)28(32)35)29(36)37-20(3)26(33)31(15-7-14-30)22-8-5-4-6-9-22/h4-6,8-13,16-17,20H,7,15H2,1-3H3. The molecule has 1 heterocycles. The number of imide groups is 1. The van der Waals surface area contributed by atoms with Crippen LogP contribution in [0.15, 0.2) is 66.7 Å². The monoisotopic (exact) mass is 495 g/mol. The number of amides is 3. The van der Waals surface area contributed by atoms with E-state index >= 15 is 0 Å². The molecule has 0 fully saturated rings. The van der Waals surface area contributed by atoms with Gasteiger partial charge in [-0.1, -0.05) is 30.3 Å². The van der Waals surface area contributed by atoms with Crippen molar-refractivity contribution >= 4 is 35.1 Å². The maximum absolute atomic E-state index is 13.2. The van der Waals surface area contributed by atoms with Crippen LogP contribution >= 0.6 is 0 Å². The predicted octanol–water partition coefficient (Wildman–Crippen LogP) is 4.60. The molecule has 1 aliphatic heterocycles. The van der Waals surface area contributed by atoms with Gasteiger partial charge in [-0.05, 0) is 68.3 Å². The van der Waals surface area contributed by atoms with Crippen LogP contribution in [-0.4, -0.2) is 36.3 Å². The number of ether oxygens (including phenoxy) is 1. The Morgan fingerprint density at radius 2 is 1.68 bits per heavy atom. The van der Waals surface area contributed by atoms with Crippen LogP contribution < -0.4 is 9.80 Å².